The molecular weight excluding hydrogens is 583 g/mol. The first kappa shape index (κ1) is 26.5. The molecule has 12 heteroatoms. The molecule has 0 aliphatic heterocycles. The van der Waals surface area contributed by atoms with Gasteiger partial charge in [0, 0.05) is 11.8 Å². The monoisotopic (exact) mass is 605 g/mol. The van der Waals surface area contributed by atoms with Crippen LogP contribution in [0.5, 0.6) is 0 Å². The van der Waals surface area contributed by atoms with E-state index in [9.17, 15) is 8.42 Å². The number of thiazole rings is 1. The second-order valence-electron chi connectivity index (χ2n) is 9.05. The molecule has 0 fully saturated rings. The van der Waals surface area contributed by atoms with Crippen molar-refractivity contribution in [1.29, 1.82) is 0 Å². The Hall–Kier alpha value is -3.68. The SMILES string of the molecule is O=S(=O)(O)Nc1ccc(CC(Nc2nnc(Cc3cccc4ccccc34)s2)c2csc(-c3cccs3)n2)cc1. The van der Waals surface area contributed by atoms with Gasteiger partial charge in [0.15, 0.2) is 0 Å². The van der Waals surface area contributed by atoms with E-state index < -0.39 is 10.3 Å². The van der Waals surface area contributed by atoms with E-state index >= 15 is 0 Å². The summed E-state index contributed by atoms with van der Waals surface area (Å²) in [5, 5.41) is 21.5. The van der Waals surface area contributed by atoms with E-state index in [0.717, 1.165) is 26.1 Å². The number of anilines is 2. The first-order chi connectivity index (χ1) is 19.4. The number of fused-ring (bicyclic) bond motifs is 1. The highest BCUT2D eigenvalue weighted by molar-refractivity contribution is 7.87. The van der Waals surface area contributed by atoms with Crippen LogP contribution in [-0.4, -0.2) is 28.2 Å². The highest BCUT2D eigenvalue weighted by Gasteiger charge is 2.20. The Kier molecular flexibility index (Phi) is 7.59. The van der Waals surface area contributed by atoms with E-state index in [1.165, 1.54) is 27.7 Å². The van der Waals surface area contributed by atoms with Crippen molar-refractivity contribution in [2.45, 2.75) is 18.9 Å². The number of nitrogens with one attached hydrogen (secondary N) is 2. The fraction of sp³-hybridized carbons (Fsp3) is 0.107. The summed E-state index contributed by atoms with van der Waals surface area (Å²) < 4.78 is 33.4. The summed E-state index contributed by atoms with van der Waals surface area (Å²) in [6.45, 7) is 0. The van der Waals surface area contributed by atoms with Crippen molar-refractivity contribution in [3.8, 4) is 9.88 Å². The first-order valence-electron chi connectivity index (χ1n) is 12.3. The van der Waals surface area contributed by atoms with E-state index in [4.69, 9.17) is 9.54 Å². The molecule has 1 atom stereocenters. The van der Waals surface area contributed by atoms with Crippen molar-refractivity contribution in [3.63, 3.8) is 0 Å². The van der Waals surface area contributed by atoms with E-state index in [0.29, 0.717) is 18.0 Å². The molecule has 0 bridgehead atoms. The molecule has 40 heavy (non-hydrogen) atoms. The summed E-state index contributed by atoms with van der Waals surface area (Å²) in [5.41, 5.74) is 3.34. The maximum Gasteiger partial charge on any atom is 0.357 e. The summed E-state index contributed by atoms with van der Waals surface area (Å²) in [4.78, 5) is 6.03. The van der Waals surface area contributed by atoms with Gasteiger partial charge in [0.05, 0.1) is 22.3 Å². The van der Waals surface area contributed by atoms with Gasteiger partial charge in [-0.15, -0.1) is 32.9 Å². The smallest absolute Gasteiger partial charge is 0.351 e. The molecule has 0 aliphatic carbocycles. The fourth-order valence-electron chi connectivity index (χ4n) is 4.42. The Morgan fingerprint density at radius 3 is 2.52 bits per heavy atom. The third-order valence-electron chi connectivity index (χ3n) is 6.24. The van der Waals surface area contributed by atoms with Crippen LogP contribution in [0.25, 0.3) is 20.7 Å². The minimum Gasteiger partial charge on any atom is -0.351 e. The molecule has 0 amide bonds. The van der Waals surface area contributed by atoms with E-state index in [1.54, 1.807) is 34.8 Å². The average Bonchev–Trinajstić information content (AvgIpc) is 3.71. The summed E-state index contributed by atoms with van der Waals surface area (Å²) in [6, 6.07) is 25.4. The van der Waals surface area contributed by atoms with Gasteiger partial charge < -0.3 is 5.32 Å². The minimum atomic E-state index is -4.33. The maximum absolute atomic E-state index is 11.1. The number of hydrogen-bond donors (Lipinski definition) is 3. The highest BCUT2D eigenvalue weighted by Crippen LogP contribution is 2.33. The molecule has 0 saturated carbocycles. The van der Waals surface area contributed by atoms with Crippen molar-refractivity contribution in [1.82, 2.24) is 15.2 Å². The molecule has 0 spiro atoms. The van der Waals surface area contributed by atoms with Crippen molar-refractivity contribution in [2.75, 3.05) is 10.0 Å². The lowest BCUT2D eigenvalue weighted by Crippen LogP contribution is -2.14. The standard InChI is InChI=1S/C28H23N5O3S4/c34-40(35,36)33-21-12-10-18(11-13-21)15-23(24-17-38-27(29-24)25-9-4-14-37-25)30-28-32-31-26(39-28)16-20-7-3-6-19-5-1-2-8-22(19)20/h1-14,17,23,33H,15-16H2,(H,30,32)(H,34,35,36). The topological polar surface area (TPSA) is 117 Å². The van der Waals surface area contributed by atoms with E-state index in [2.05, 4.69) is 62.0 Å². The predicted molar refractivity (Wildman–Crippen MR) is 164 cm³/mol. The summed E-state index contributed by atoms with van der Waals surface area (Å²) in [7, 11) is -4.33. The number of benzene rings is 3. The Bertz CT molecular complexity index is 1840. The van der Waals surface area contributed by atoms with Crippen LogP contribution in [0, 0.1) is 0 Å². The van der Waals surface area contributed by atoms with Gasteiger partial charge in [-0.25, -0.2) is 4.98 Å². The Morgan fingerprint density at radius 1 is 0.900 bits per heavy atom. The number of nitrogens with zero attached hydrogens (tertiary/aromatic N) is 3. The zero-order chi connectivity index (χ0) is 27.5. The average molecular weight is 606 g/mol. The molecular formula is C28H23N5O3S4. The number of rotatable bonds is 10. The molecule has 3 N–H and O–H groups in total. The van der Waals surface area contributed by atoms with Crippen molar-refractivity contribution < 1.29 is 13.0 Å². The van der Waals surface area contributed by atoms with Gasteiger partial charge in [-0.05, 0) is 51.9 Å². The Labute approximate surface area is 243 Å². The van der Waals surface area contributed by atoms with Crippen LogP contribution >= 0.6 is 34.0 Å². The fourth-order valence-corrected chi connectivity index (χ4v) is 7.36. The summed E-state index contributed by atoms with van der Waals surface area (Å²) >= 11 is 4.77. The van der Waals surface area contributed by atoms with Crippen LogP contribution in [0.15, 0.2) is 89.6 Å². The molecule has 202 valence electrons. The van der Waals surface area contributed by atoms with Gasteiger partial charge in [0.25, 0.3) is 0 Å². The van der Waals surface area contributed by atoms with Crippen LogP contribution in [-0.2, 0) is 23.1 Å². The highest BCUT2D eigenvalue weighted by atomic mass is 32.2. The maximum atomic E-state index is 11.1. The van der Waals surface area contributed by atoms with Gasteiger partial charge in [0.1, 0.15) is 10.0 Å². The van der Waals surface area contributed by atoms with Gasteiger partial charge in [0.2, 0.25) is 5.13 Å². The largest absolute Gasteiger partial charge is 0.357 e. The molecule has 8 nitrogen and oxygen atoms in total. The minimum absolute atomic E-state index is 0.191. The van der Waals surface area contributed by atoms with Crippen LogP contribution in [0.2, 0.25) is 0 Å². The Balaban J connectivity index is 1.24. The molecule has 3 heterocycles. The molecule has 0 aliphatic rings. The van der Waals surface area contributed by atoms with Crippen molar-refractivity contribution >= 4 is 65.9 Å². The molecule has 0 saturated heterocycles. The van der Waals surface area contributed by atoms with Crippen molar-refractivity contribution in [2.24, 2.45) is 0 Å². The molecule has 6 rings (SSSR count). The first-order valence-corrected chi connectivity index (χ1v) is 16.3. The van der Waals surface area contributed by atoms with Crippen LogP contribution in [0.3, 0.4) is 0 Å². The third kappa shape index (κ3) is 6.37. The normalized spacial score (nSPS) is 12.4. The summed E-state index contributed by atoms with van der Waals surface area (Å²) in [5.74, 6) is 0. The molecule has 1 unspecified atom stereocenters. The lowest BCUT2D eigenvalue weighted by Gasteiger charge is -2.16. The number of aromatic nitrogens is 3. The molecule has 6 aromatic rings. The lowest BCUT2D eigenvalue weighted by atomic mass is 10.0. The van der Waals surface area contributed by atoms with E-state index in [-0.39, 0.29) is 11.7 Å². The second kappa shape index (κ2) is 11.4. The molecule has 0 radical (unpaired) electrons. The quantitative estimate of drug-likeness (QED) is 0.143. The van der Waals surface area contributed by atoms with Crippen molar-refractivity contribution in [3.05, 3.63) is 111 Å². The van der Waals surface area contributed by atoms with Gasteiger partial charge in [-0.1, -0.05) is 72.0 Å². The van der Waals surface area contributed by atoms with Gasteiger partial charge in [-0.3, -0.25) is 9.27 Å². The lowest BCUT2D eigenvalue weighted by molar-refractivity contribution is 0.489. The predicted octanol–water partition coefficient (Wildman–Crippen LogP) is 7.08. The van der Waals surface area contributed by atoms with E-state index in [1.807, 2.05) is 35.7 Å². The molecule has 3 aromatic carbocycles. The van der Waals surface area contributed by atoms with Crippen LogP contribution in [0.4, 0.5) is 10.8 Å². The molecule has 3 aromatic heterocycles. The van der Waals surface area contributed by atoms with Crippen LogP contribution < -0.4 is 10.0 Å². The number of hydrogen-bond acceptors (Lipinski definition) is 9. The number of thiophene rings is 1. The Morgan fingerprint density at radius 2 is 1.73 bits per heavy atom. The third-order valence-corrected chi connectivity index (χ3v) is 9.49. The summed E-state index contributed by atoms with van der Waals surface area (Å²) in [6.07, 6.45) is 1.27. The van der Waals surface area contributed by atoms with Crippen LogP contribution in [0.1, 0.15) is 27.9 Å². The van der Waals surface area contributed by atoms with Gasteiger partial charge in [-0.2, -0.15) is 8.42 Å². The van der Waals surface area contributed by atoms with Gasteiger partial charge >= 0.3 is 10.3 Å². The second-order valence-corrected chi connectivity index (χ2v) is 13.1. The zero-order valence-electron chi connectivity index (χ0n) is 20.9. The zero-order valence-corrected chi connectivity index (χ0v) is 24.2.